The van der Waals surface area contributed by atoms with Crippen molar-refractivity contribution in [3.8, 4) is 0 Å². The maximum atomic E-state index is 10.0. The van der Waals surface area contributed by atoms with E-state index in [0.717, 1.165) is 18.5 Å². The third-order valence-corrected chi connectivity index (χ3v) is 4.73. The van der Waals surface area contributed by atoms with Gasteiger partial charge in [-0.15, -0.1) is 5.53 Å². The maximum absolute atomic E-state index is 10.0. The lowest BCUT2D eigenvalue weighted by atomic mass is 10.1. The normalized spacial score (nSPS) is 29.8. The summed E-state index contributed by atoms with van der Waals surface area (Å²) in [7, 11) is 0. The van der Waals surface area contributed by atoms with Crippen LogP contribution >= 0.6 is 0 Å². The number of unbranched alkanes of at least 4 members (excludes halogenated alkanes) is 7. The van der Waals surface area contributed by atoms with Gasteiger partial charge in [0, 0.05) is 11.9 Å². The van der Waals surface area contributed by atoms with Crippen LogP contribution in [0.5, 0.6) is 0 Å². The number of rotatable bonds is 11. The molecule has 7 heteroatoms. The number of allylic oxidation sites excluding steroid dienone is 1. The van der Waals surface area contributed by atoms with Gasteiger partial charge in [-0.1, -0.05) is 51.9 Å². The molecule has 0 unspecified atom stereocenters. The molecule has 0 saturated carbocycles. The summed E-state index contributed by atoms with van der Waals surface area (Å²) in [6.45, 7) is 1.92. The fraction of sp³-hybridized carbons (Fsp3) is 0.882. The summed E-state index contributed by atoms with van der Waals surface area (Å²) in [4.78, 5) is 0. The number of hydrazine groups is 2. The molecule has 1 fully saturated rings. The van der Waals surface area contributed by atoms with Gasteiger partial charge in [-0.25, -0.2) is 0 Å². The van der Waals surface area contributed by atoms with Gasteiger partial charge in [-0.2, -0.15) is 0 Å². The molecule has 24 heavy (non-hydrogen) atoms. The van der Waals surface area contributed by atoms with Gasteiger partial charge in [0.05, 0.1) is 6.61 Å². The molecule has 2 heterocycles. The predicted octanol–water partition coefficient (Wildman–Crippen LogP) is 1.12. The molecule has 140 valence electrons. The Bertz CT molecular complexity index is 394. The molecular formula is C17H33N3O4. The van der Waals surface area contributed by atoms with Crippen LogP contribution in [0.15, 0.2) is 11.9 Å². The van der Waals surface area contributed by atoms with Gasteiger partial charge >= 0.3 is 0 Å². The van der Waals surface area contributed by atoms with E-state index in [0.29, 0.717) is 0 Å². The number of hydrogen-bond donors (Lipinski definition) is 5. The lowest BCUT2D eigenvalue weighted by Gasteiger charge is -2.24. The summed E-state index contributed by atoms with van der Waals surface area (Å²) in [6, 6.07) is 0. The minimum absolute atomic E-state index is 0.315. The van der Waals surface area contributed by atoms with Crippen LogP contribution in [-0.4, -0.2) is 51.5 Å². The molecule has 0 spiro atoms. The smallest absolute Gasteiger partial charge is 0.174 e. The molecular weight excluding hydrogens is 310 g/mol. The highest BCUT2D eigenvalue weighted by Crippen LogP contribution is 2.25. The number of nitrogens with zero attached hydrogens (tertiary/aromatic N) is 1. The highest BCUT2D eigenvalue weighted by atomic mass is 16.6. The summed E-state index contributed by atoms with van der Waals surface area (Å²) in [5, 5.41) is 30.6. The highest BCUT2D eigenvalue weighted by molar-refractivity contribution is 5.04. The van der Waals surface area contributed by atoms with Crippen LogP contribution in [0, 0.1) is 0 Å². The average Bonchev–Trinajstić information content (AvgIpc) is 3.16. The summed E-state index contributed by atoms with van der Waals surface area (Å²) < 4.78 is 5.49. The average molecular weight is 343 g/mol. The van der Waals surface area contributed by atoms with Crippen molar-refractivity contribution in [3.05, 3.63) is 11.9 Å². The molecule has 0 aromatic rings. The molecule has 7 nitrogen and oxygen atoms in total. The van der Waals surface area contributed by atoms with E-state index >= 15 is 0 Å². The first-order chi connectivity index (χ1) is 11.7. The zero-order valence-corrected chi connectivity index (χ0v) is 14.7. The van der Waals surface area contributed by atoms with Crippen molar-refractivity contribution in [1.82, 2.24) is 16.0 Å². The largest absolute Gasteiger partial charge is 0.394 e. The summed E-state index contributed by atoms with van der Waals surface area (Å²) in [6.07, 6.45) is 9.48. The Kier molecular flexibility index (Phi) is 8.28. The van der Waals surface area contributed by atoms with Crippen LogP contribution in [0.1, 0.15) is 64.7 Å². The summed E-state index contributed by atoms with van der Waals surface area (Å²) in [5.74, 6) is 0. The van der Waals surface area contributed by atoms with E-state index in [-0.39, 0.29) is 6.61 Å². The van der Waals surface area contributed by atoms with E-state index in [2.05, 4.69) is 17.9 Å². The Morgan fingerprint density at radius 1 is 1.04 bits per heavy atom. The molecule has 1 saturated heterocycles. The van der Waals surface area contributed by atoms with Crippen molar-refractivity contribution in [1.29, 1.82) is 0 Å². The standard InChI is InChI=1S/C17H33N3O4/c1-2-3-4-5-6-7-8-9-10-13-11-20(19-18-13)17-16(23)15(22)14(12-21)24-17/h11,14-19,21-23H,2-10,12H2,1H3/t14-,15-,16+,17-/m1/s1. The Morgan fingerprint density at radius 3 is 2.33 bits per heavy atom. The highest BCUT2D eigenvalue weighted by Gasteiger charge is 2.45. The van der Waals surface area contributed by atoms with Crippen molar-refractivity contribution in [2.24, 2.45) is 0 Å². The number of nitrogens with one attached hydrogen (secondary N) is 2. The first kappa shape index (κ1) is 19.5. The molecule has 2 rings (SSSR count). The first-order valence-corrected chi connectivity index (χ1v) is 9.30. The van der Waals surface area contributed by atoms with Crippen molar-refractivity contribution in [2.45, 2.75) is 89.3 Å². The zero-order valence-electron chi connectivity index (χ0n) is 14.7. The Balaban J connectivity index is 1.63. The first-order valence-electron chi connectivity index (χ1n) is 9.30. The number of ether oxygens (including phenoxy) is 1. The van der Waals surface area contributed by atoms with Gasteiger partial charge < -0.3 is 25.5 Å². The zero-order chi connectivity index (χ0) is 17.4. The second-order valence-electron chi connectivity index (χ2n) is 6.75. The van der Waals surface area contributed by atoms with E-state index in [1.54, 1.807) is 5.01 Å². The molecule has 0 bridgehead atoms. The second kappa shape index (κ2) is 10.2. The van der Waals surface area contributed by atoms with Crippen LogP contribution in [0.4, 0.5) is 0 Å². The van der Waals surface area contributed by atoms with E-state index in [4.69, 9.17) is 9.84 Å². The molecule has 5 N–H and O–H groups in total. The predicted molar refractivity (Wildman–Crippen MR) is 91.2 cm³/mol. The van der Waals surface area contributed by atoms with Gasteiger partial charge in [-0.3, -0.25) is 5.01 Å². The fourth-order valence-electron chi connectivity index (χ4n) is 3.19. The van der Waals surface area contributed by atoms with Gasteiger partial charge in [0.25, 0.3) is 0 Å². The number of aliphatic hydroxyl groups is 3. The summed E-state index contributed by atoms with van der Waals surface area (Å²) >= 11 is 0. The summed E-state index contributed by atoms with van der Waals surface area (Å²) in [5.41, 5.74) is 7.05. The van der Waals surface area contributed by atoms with Crippen LogP contribution in [0.3, 0.4) is 0 Å². The van der Waals surface area contributed by atoms with E-state index < -0.39 is 24.5 Å². The minimum atomic E-state index is -1.08. The lowest BCUT2D eigenvalue weighted by Crippen LogP contribution is -2.48. The van der Waals surface area contributed by atoms with E-state index in [9.17, 15) is 10.2 Å². The molecule has 2 aliphatic rings. The quantitative estimate of drug-likeness (QED) is 0.359. The van der Waals surface area contributed by atoms with E-state index in [1.807, 2.05) is 6.20 Å². The topological polar surface area (TPSA) is 97.2 Å². The lowest BCUT2D eigenvalue weighted by molar-refractivity contribution is -0.0959. The van der Waals surface area contributed by atoms with Gasteiger partial charge in [0.15, 0.2) is 6.23 Å². The van der Waals surface area contributed by atoms with Crippen molar-refractivity contribution < 1.29 is 20.1 Å². The van der Waals surface area contributed by atoms with Crippen LogP contribution < -0.4 is 11.0 Å². The third kappa shape index (κ3) is 5.32. The fourth-order valence-corrected chi connectivity index (χ4v) is 3.19. The van der Waals surface area contributed by atoms with Crippen molar-refractivity contribution >= 4 is 0 Å². The maximum Gasteiger partial charge on any atom is 0.174 e. The Hall–Kier alpha value is -0.860. The molecule has 4 atom stereocenters. The molecule has 2 aliphatic heterocycles. The third-order valence-electron chi connectivity index (χ3n) is 4.73. The monoisotopic (exact) mass is 343 g/mol. The van der Waals surface area contributed by atoms with Crippen LogP contribution in [0.2, 0.25) is 0 Å². The van der Waals surface area contributed by atoms with Gasteiger partial charge in [0.2, 0.25) is 0 Å². The van der Waals surface area contributed by atoms with Gasteiger partial charge in [0.1, 0.15) is 18.3 Å². The molecule has 0 aliphatic carbocycles. The van der Waals surface area contributed by atoms with Crippen molar-refractivity contribution in [3.63, 3.8) is 0 Å². The van der Waals surface area contributed by atoms with E-state index in [1.165, 1.54) is 44.9 Å². The van der Waals surface area contributed by atoms with Gasteiger partial charge in [-0.05, 0) is 12.8 Å². The second-order valence-corrected chi connectivity index (χ2v) is 6.75. The molecule has 0 amide bonds. The SMILES string of the molecule is CCCCCCCCCCC1=CN([C@@H]2O[C@H](CO)[C@@H](O)[C@@H]2O)NN1. The molecule has 0 aromatic heterocycles. The Labute approximate surface area is 144 Å². The number of hydrogen-bond acceptors (Lipinski definition) is 7. The minimum Gasteiger partial charge on any atom is -0.394 e. The molecule has 0 radical (unpaired) electrons. The van der Waals surface area contributed by atoms with Crippen LogP contribution in [-0.2, 0) is 4.74 Å². The Morgan fingerprint density at radius 2 is 1.71 bits per heavy atom. The van der Waals surface area contributed by atoms with Crippen molar-refractivity contribution in [2.75, 3.05) is 6.61 Å². The van der Waals surface area contributed by atoms with Crippen LogP contribution in [0.25, 0.3) is 0 Å². The molecule has 0 aromatic carbocycles. The number of aliphatic hydroxyl groups excluding tert-OH is 3.